The molecule has 0 aromatic heterocycles. The molecule has 0 radical (unpaired) electrons. The van der Waals surface area contributed by atoms with Gasteiger partial charge in [-0.2, -0.15) is 0 Å². The van der Waals surface area contributed by atoms with Crippen LogP contribution in [0.15, 0.2) is 72.9 Å². The summed E-state index contributed by atoms with van der Waals surface area (Å²) in [5.41, 5.74) is 0. The number of allylic oxidation sites excluding steroid dienone is 10. The third-order valence-electron chi connectivity index (χ3n) is 7.80. The highest BCUT2D eigenvalue weighted by molar-refractivity contribution is 5.70. The molecule has 0 amide bonds. The van der Waals surface area contributed by atoms with Crippen LogP contribution in [-0.2, 0) is 19.1 Å². The predicted octanol–water partition coefficient (Wildman–Crippen LogP) is 10.8. The van der Waals surface area contributed by atoms with Crippen LogP contribution in [0.1, 0.15) is 155 Å². The Kier molecular flexibility index (Phi) is 35.0. The Labute approximate surface area is 294 Å². The lowest BCUT2D eigenvalue weighted by atomic mass is 10.0. The van der Waals surface area contributed by atoms with Gasteiger partial charge in [0.05, 0.1) is 6.10 Å². The molecule has 0 aliphatic rings. The van der Waals surface area contributed by atoms with Crippen LogP contribution in [0.5, 0.6) is 0 Å². The molecule has 48 heavy (non-hydrogen) atoms. The van der Waals surface area contributed by atoms with Gasteiger partial charge < -0.3 is 19.7 Å². The predicted molar refractivity (Wildman–Crippen MR) is 202 cm³/mol. The Hall–Kier alpha value is -2.70. The quantitative estimate of drug-likeness (QED) is 0.0312. The Morgan fingerprint density at radius 3 is 1.56 bits per heavy atom. The van der Waals surface area contributed by atoms with Gasteiger partial charge in [-0.3, -0.25) is 9.59 Å². The van der Waals surface area contributed by atoms with Crippen LogP contribution < -0.4 is 0 Å². The Morgan fingerprint density at radius 1 is 0.542 bits per heavy atom. The van der Waals surface area contributed by atoms with Crippen molar-refractivity contribution in [1.29, 1.82) is 0 Å². The maximum absolute atomic E-state index is 11.9. The second kappa shape index (κ2) is 37.1. The molecular weight excluding hydrogens is 600 g/mol. The van der Waals surface area contributed by atoms with Crippen LogP contribution in [0.2, 0.25) is 0 Å². The van der Waals surface area contributed by atoms with E-state index >= 15 is 0 Å². The number of ether oxygens (including phenoxy) is 2. The fourth-order valence-corrected chi connectivity index (χ4v) is 4.90. The first kappa shape index (κ1) is 45.3. The van der Waals surface area contributed by atoms with Crippen LogP contribution in [0, 0.1) is 0 Å². The van der Waals surface area contributed by atoms with E-state index < -0.39 is 18.2 Å². The van der Waals surface area contributed by atoms with E-state index in [-0.39, 0.29) is 25.6 Å². The minimum atomic E-state index is -1.03. The SMILES string of the molecule is CC/C=C\C/C=C\C/C=C\C/C=C\C=C/C(O)C/C=C\CCC(=O)OC[C@H](O)COC(=O)CCCCCCCCCCCCCCCC. The molecule has 6 nitrogen and oxygen atoms in total. The van der Waals surface area contributed by atoms with Crippen molar-refractivity contribution in [2.24, 2.45) is 0 Å². The molecular formula is C42H70O6. The van der Waals surface area contributed by atoms with Gasteiger partial charge in [0.2, 0.25) is 0 Å². The van der Waals surface area contributed by atoms with Crippen molar-refractivity contribution in [2.75, 3.05) is 13.2 Å². The summed E-state index contributed by atoms with van der Waals surface area (Å²) in [6.45, 7) is 4.02. The average molecular weight is 671 g/mol. The number of carbonyl (C=O) groups excluding carboxylic acids is 2. The summed E-state index contributed by atoms with van der Waals surface area (Å²) in [5.74, 6) is -0.743. The van der Waals surface area contributed by atoms with Crippen molar-refractivity contribution in [3.63, 3.8) is 0 Å². The number of unbranched alkanes of at least 4 members (excludes halogenated alkanes) is 13. The molecule has 0 saturated carbocycles. The van der Waals surface area contributed by atoms with Crippen molar-refractivity contribution in [1.82, 2.24) is 0 Å². The summed E-state index contributed by atoms with van der Waals surface area (Å²) < 4.78 is 10.2. The maximum Gasteiger partial charge on any atom is 0.306 e. The molecule has 0 aromatic rings. The summed E-state index contributed by atoms with van der Waals surface area (Å²) >= 11 is 0. The van der Waals surface area contributed by atoms with Crippen molar-refractivity contribution >= 4 is 11.9 Å². The van der Waals surface area contributed by atoms with E-state index in [1.807, 2.05) is 30.4 Å². The van der Waals surface area contributed by atoms with Crippen LogP contribution in [-0.4, -0.2) is 47.6 Å². The molecule has 0 aliphatic carbocycles. The molecule has 0 aromatic carbocycles. The molecule has 0 spiro atoms. The highest BCUT2D eigenvalue weighted by atomic mass is 16.6. The standard InChI is InChI=1S/C42H70O6/c1-3-5-7-9-11-13-15-17-19-21-23-25-27-31-35-41(45)47-37-40(44)38-48-42(46)36-32-28-30-34-39(43)33-29-26-24-22-20-18-16-14-12-10-8-6-4-2/h6,8,12,14,18,20,24,26,28-30,33,39-40,43-44H,3-5,7,9-11,13,15-17,19,21-23,25,27,31-32,34-38H2,1-2H3/b8-6-,14-12-,20-18-,26-24-,30-28-,33-29-/t39?,40-/m1/s1. The van der Waals surface area contributed by atoms with Crippen LogP contribution in [0.25, 0.3) is 0 Å². The number of aliphatic hydroxyl groups excluding tert-OH is 2. The van der Waals surface area contributed by atoms with Crippen LogP contribution in [0.4, 0.5) is 0 Å². The first-order valence-electron chi connectivity index (χ1n) is 19.1. The monoisotopic (exact) mass is 671 g/mol. The van der Waals surface area contributed by atoms with Gasteiger partial charge in [-0.25, -0.2) is 0 Å². The van der Waals surface area contributed by atoms with E-state index in [2.05, 4.69) is 50.3 Å². The third kappa shape index (κ3) is 36.1. The molecule has 0 bridgehead atoms. The highest BCUT2D eigenvalue weighted by Crippen LogP contribution is 2.13. The van der Waals surface area contributed by atoms with Gasteiger partial charge in [0.15, 0.2) is 0 Å². The maximum atomic E-state index is 11.9. The lowest BCUT2D eigenvalue weighted by Crippen LogP contribution is -2.25. The van der Waals surface area contributed by atoms with E-state index in [1.54, 1.807) is 6.08 Å². The first-order valence-corrected chi connectivity index (χ1v) is 19.1. The fraction of sp³-hybridized carbons (Fsp3) is 0.667. The largest absolute Gasteiger partial charge is 0.463 e. The average Bonchev–Trinajstić information content (AvgIpc) is 3.08. The zero-order chi connectivity index (χ0) is 35.2. The van der Waals surface area contributed by atoms with Crippen molar-refractivity contribution in [3.8, 4) is 0 Å². The minimum Gasteiger partial charge on any atom is -0.463 e. The number of carbonyl (C=O) groups is 2. The number of rotatable bonds is 33. The fourth-order valence-electron chi connectivity index (χ4n) is 4.90. The number of hydrogen-bond donors (Lipinski definition) is 2. The van der Waals surface area contributed by atoms with E-state index in [0.29, 0.717) is 19.3 Å². The zero-order valence-corrected chi connectivity index (χ0v) is 30.6. The second-order valence-corrected chi connectivity index (χ2v) is 12.5. The molecule has 0 rings (SSSR count). The normalized spacial score (nSPS) is 13.7. The number of esters is 2. The molecule has 6 heteroatoms. The van der Waals surface area contributed by atoms with Gasteiger partial charge in [0, 0.05) is 12.8 Å². The molecule has 2 N–H and O–H groups in total. The smallest absolute Gasteiger partial charge is 0.306 e. The zero-order valence-electron chi connectivity index (χ0n) is 30.6. The second-order valence-electron chi connectivity index (χ2n) is 12.5. The Bertz CT molecular complexity index is 913. The van der Waals surface area contributed by atoms with Gasteiger partial charge in [-0.05, 0) is 44.9 Å². The van der Waals surface area contributed by atoms with Gasteiger partial charge in [0.1, 0.15) is 19.3 Å². The molecule has 2 atom stereocenters. The summed E-state index contributed by atoms with van der Waals surface area (Å²) in [5, 5.41) is 20.1. The van der Waals surface area contributed by atoms with Gasteiger partial charge >= 0.3 is 11.9 Å². The van der Waals surface area contributed by atoms with Crippen LogP contribution in [0.3, 0.4) is 0 Å². The molecule has 0 fully saturated rings. The summed E-state index contributed by atoms with van der Waals surface area (Å²) in [4.78, 5) is 23.9. The van der Waals surface area contributed by atoms with Gasteiger partial charge in [0.25, 0.3) is 0 Å². The molecule has 1 unspecified atom stereocenters. The van der Waals surface area contributed by atoms with Crippen molar-refractivity contribution in [3.05, 3.63) is 72.9 Å². The van der Waals surface area contributed by atoms with Crippen LogP contribution >= 0.6 is 0 Å². The lowest BCUT2D eigenvalue weighted by molar-refractivity contribution is -0.152. The van der Waals surface area contributed by atoms with Crippen molar-refractivity contribution in [2.45, 2.75) is 167 Å². The van der Waals surface area contributed by atoms with Crippen molar-refractivity contribution < 1.29 is 29.3 Å². The Balaban J connectivity index is 3.69. The van der Waals surface area contributed by atoms with E-state index in [1.165, 1.54) is 70.6 Å². The number of hydrogen-bond acceptors (Lipinski definition) is 6. The van der Waals surface area contributed by atoms with Gasteiger partial charge in [-0.1, -0.05) is 170 Å². The minimum absolute atomic E-state index is 0.170. The summed E-state index contributed by atoms with van der Waals surface area (Å²) in [6, 6.07) is 0. The summed E-state index contributed by atoms with van der Waals surface area (Å²) in [7, 11) is 0. The molecule has 0 saturated heterocycles. The summed E-state index contributed by atoms with van der Waals surface area (Å²) in [6.07, 6.45) is 45.6. The number of aliphatic hydroxyl groups is 2. The van der Waals surface area contributed by atoms with E-state index in [4.69, 9.17) is 9.47 Å². The topological polar surface area (TPSA) is 93.1 Å². The van der Waals surface area contributed by atoms with E-state index in [9.17, 15) is 19.8 Å². The van der Waals surface area contributed by atoms with E-state index in [0.717, 1.165) is 44.9 Å². The Morgan fingerprint density at radius 2 is 1.02 bits per heavy atom. The molecule has 0 aliphatic heterocycles. The third-order valence-corrected chi connectivity index (χ3v) is 7.80. The molecule has 274 valence electrons. The lowest BCUT2D eigenvalue weighted by Gasteiger charge is -2.12. The van der Waals surface area contributed by atoms with Gasteiger partial charge in [-0.15, -0.1) is 0 Å². The molecule has 0 heterocycles. The first-order chi connectivity index (χ1) is 23.5. The highest BCUT2D eigenvalue weighted by Gasteiger charge is 2.11.